The highest BCUT2D eigenvalue weighted by molar-refractivity contribution is 9.10. The van der Waals surface area contributed by atoms with Crippen LogP contribution in [0.4, 0.5) is 5.69 Å². The fourth-order valence-electron chi connectivity index (χ4n) is 1.57. The molecule has 6 nitrogen and oxygen atoms in total. The zero-order valence-electron chi connectivity index (χ0n) is 9.35. The van der Waals surface area contributed by atoms with E-state index < -0.39 is 0 Å². The minimum atomic E-state index is -0.329. The first kappa shape index (κ1) is 11.3. The quantitative estimate of drug-likeness (QED) is 0.909. The summed E-state index contributed by atoms with van der Waals surface area (Å²) in [7, 11) is 0. The molecule has 1 aliphatic carbocycles. The van der Waals surface area contributed by atoms with E-state index in [0.717, 1.165) is 23.1 Å². The second-order valence-corrected chi connectivity index (χ2v) is 4.98. The fourth-order valence-corrected chi connectivity index (χ4v) is 1.92. The van der Waals surface area contributed by atoms with E-state index in [-0.39, 0.29) is 11.7 Å². The Morgan fingerprint density at radius 2 is 2.33 bits per heavy atom. The van der Waals surface area contributed by atoms with Gasteiger partial charge in [0.25, 0.3) is 5.91 Å². The highest BCUT2D eigenvalue weighted by Gasteiger charge is 2.28. The van der Waals surface area contributed by atoms with Crippen molar-refractivity contribution in [2.45, 2.75) is 18.8 Å². The maximum absolute atomic E-state index is 11.9. The average Bonchev–Trinajstić information content (AvgIpc) is 3.10. The molecular weight excluding hydrogens is 298 g/mol. The molecule has 0 spiro atoms. The van der Waals surface area contributed by atoms with Crippen LogP contribution in [0.5, 0.6) is 0 Å². The number of pyridine rings is 1. The van der Waals surface area contributed by atoms with Crippen LogP contribution in [0.25, 0.3) is 0 Å². The van der Waals surface area contributed by atoms with Crippen LogP contribution in [0, 0.1) is 0 Å². The third kappa shape index (κ3) is 2.26. The van der Waals surface area contributed by atoms with Gasteiger partial charge in [0.1, 0.15) is 5.82 Å². The van der Waals surface area contributed by atoms with Crippen molar-refractivity contribution >= 4 is 27.5 Å². The Morgan fingerprint density at radius 1 is 1.50 bits per heavy atom. The maximum Gasteiger partial charge on any atom is 0.295 e. The van der Waals surface area contributed by atoms with E-state index in [4.69, 9.17) is 0 Å². The maximum atomic E-state index is 11.9. The summed E-state index contributed by atoms with van der Waals surface area (Å²) in [6, 6.07) is 1.70. The van der Waals surface area contributed by atoms with Gasteiger partial charge in [-0.1, -0.05) is 0 Å². The van der Waals surface area contributed by atoms with E-state index in [1.54, 1.807) is 18.5 Å². The van der Waals surface area contributed by atoms with Crippen LogP contribution in [-0.2, 0) is 0 Å². The van der Waals surface area contributed by atoms with Crippen molar-refractivity contribution < 1.29 is 4.79 Å². The van der Waals surface area contributed by atoms with Gasteiger partial charge in [-0.05, 0) is 34.8 Å². The van der Waals surface area contributed by atoms with Gasteiger partial charge in [0.15, 0.2) is 0 Å². The molecule has 0 unspecified atom stereocenters. The molecule has 3 rings (SSSR count). The average molecular weight is 308 g/mol. The molecule has 0 bridgehead atoms. The van der Waals surface area contributed by atoms with Gasteiger partial charge in [-0.2, -0.15) is 0 Å². The Bertz CT molecular complexity index is 593. The lowest BCUT2D eigenvalue weighted by atomic mass is 10.4. The molecule has 2 aromatic heterocycles. The molecule has 0 atom stereocenters. The summed E-state index contributed by atoms with van der Waals surface area (Å²) in [5.41, 5.74) is 0.646. The fraction of sp³-hybridized carbons (Fsp3) is 0.273. The third-order valence-electron chi connectivity index (χ3n) is 2.69. The number of aromatic amines is 1. The first-order chi connectivity index (χ1) is 8.74. The van der Waals surface area contributed by atoms with E-state index in [1.165, 1.54) is 0 Å². The van der Waals surface area contributed by atoms with Gasteiger partial charge in [-0.3, -0.25) is 14.9 Å². The van der Waals surface area contributed by atoms with Gasteiger partial charge in [0.05, 0.1) is 10.2 Å². The third-order valence-corrected chi connectivity index (χ3v) is 3.32. The molecule has 0 radical (unpaired) electrons. The molecular formula is C11H10BrN5O. The highest BCUT2D eigenvalue weighted by Crippen LogP contribution is 2.37. The SMILES string of the molecule is O=C(Nc1ccncc1Br)c1n[nH]c(C2CC2)n1. The van der Waals surface area contributed by atoms with Crippen LogP contribution < -0.4 is 5.32 Å². The summed E-state index contributed by atoms with van der Waals surface area (Å²) in [5, 5.41) is 9.46. The second kappa shape index (κ2) is 4.49. The zero-order valence-corrected chi connectivity index (χ0v) is 10.9. The number of amides is 1. The van der Waals surface area contributed by atoms with Crippen molar-refractivity contribution in [3.63, 3.8) is 0 Å². The van der Waals surface area contributed by atoms with Crippen LogP contribution in [0.3, 0.4) is 0 Å². The summed E-state index contributed by atoms with van der Waals surface area (Å²) in [5.74, 6) is 1.09. The van der Waals surface area contributed by atoms with Crippen LogP contribution in [0.2, 0.25) is 0 Å². The van der Waals surface area contributed by atoms with Crippen molar-refractivity contribution in [2.24, 2.45) is 0 Å². The Labute approximate surface area is 111 Å². The number of carbonyl (C=O) groups excluding carboxylic acids is 1. The van der Waals surface area contributed by atoms with E-state index in [1.807, 2.05) is 0 Å². The molecule has 18 heavy (non-hydrogen) atoms. The molecule has 0 saturated heterocycles. The summed E-state index contributed by atoms with van der Waals surface area (Å²) < 4.78 is 0.719. The van der Waals surface area contributed by atoms with Crippen molar-refractivity contribution in [3.05, 3.63) is 34.6 Å². The number of nitrogens with one attached hydrogen (secondary N) is 2. The number of nitrogens with zero attached hydrogens (tertiary/aromatic N) is 3. The summed E-state index contributed by atoms with van der Waals surface area (Å²) >= 11 is 3.31. The number of carbonyl (C=O) groups is 1. The summed E-state index contributed by atoms with van der Waals surface area (Å²) in [6.45, 7) is 0. The lowest BCUT2D eigenvalue weighted by Crippen LogP contribution is -2.14. The molecule has 1 saturated carbocycles. The molecule has 2 heterocycles. The van der Waals surface area contributed by atoms with Gasteiger partial charge in [0.2, 0.25) is 5.82 Å². The second-order valence-electron chi connectivity index (χ2n) is 4.13. The van der Waals surface area contributed by atoms with Crippen LogP contribution in [0.1, 0.15) is 35.2 Å². The van der Waals surface area contributed by atoms with E-state index in [2.05, 4.69) is 41.4 Å². The number of hydrogen-bond acceptors (Lipinski definition) is 4. The molecule has 7 heteroatoms. The number of hydrogen-bond donors (Lipinski definition) is 2. The Kier molecular flexibility index (Phi) is 2.83. The number of halogens is 1. The minimum Gasteiger partial charge on any atom is -0.318 e. The van der Waals surface area contributed by atoms with Gasteiger partial charge in [-0.15, -0.1) is 5.10 Å². The van der Waals surface area contributed by atoms with E-state index >= 15 is 0 Å². The first-order valence-electron chi connectivity index (χ1n) is 5.57. The van der Waals surface area contributed by atoms with Crippen LogP contribution in [-0.4, -0.2) is 26.1 Å². The Balaban J connectivity index is 1.76. The van der Waals surface area contributed by atoms with Crippen LogP contribution >= 0.6 is 15.9 Å². The molecule has 1 amide bonds. The van der Waals surface area contributed by atoms with Crippen LogP contribution in [0.15, 0.2) is 22.9 Å². The van der Waals surface area contributed by atoms with Crippen molar-refractivity contribution in [1.82, 2.24) is 20.2 Å². The van der Waals surface area contributed by atoms with E-state index in [9.17, 15) is 4.79 Å². The molecule has 92 valence electrons. The summed E-state index contributed by atoms with van der Waals surface area (Å²) in [6.07, 6.45) is 5.45. The van der Waals surface area contributed by atoms with Crippen molar-refractivity contribution in [3.8, 4) is 0 Å². The van der Waals surface area contributed by atoms with Crippen molar-refractivity contribution in [1.29, 1.82) is 0 Å². The standard InChI is InChI=1S/C11H10BrN5O/c12-7-5-13-4-3-8(7)14-11(18)10-15-9(16-17-10)6-1-2-6/h3-6H,1-2H2,(H,13,14,18)(H,15,16,17). The number of aromatic nitrogens is 4. The smallest absolute Gasteiger partial charge is 0.295 e. The molecule has 1 aliphatic rings. The molecule has 2 N–H and O–H groups in total. The summed E-state index contributed by atoms with van der Waals surface area (Å²) in [4.78, 5) is 20.0. The Morgan fingerprint density at radius 3 is 3.06 bits per heavy atom. The highest BCUT2D eigenvalue weighted by atomic mass is 79.9. The monoisotopic (exact) mass is 307 g/mol. The lowest BCUT2D eigenvalue weighted by molar-refractivity contribution is 0.101. The number of anilines is 1. The largest absolute Gasteiger partial charge is 0.318 e. The molecule has 2 aromatic rings. The van der Waals surface area contributed by atoms with E-state index in [0.29, 0.717) is 11.6 Å². The minimum absolute atomic E-state index is 0.167. The van der Waals surface area contributed by atoms with Gasteiger partial charge >= 0.3 is 0 Å². The predicted octanol–water partition coefficient (Wildman–Crippen LogP) is 2.09. The number of H-pyrrole nitrogens is 1. The van der Waals surface area contributed by atoms with Crippen molar-refractivity contribution in [2.75, 3.05) is 5.32 Å². The molecule has 0 aromatic carbocycles. The van der Waals surface area contributed by atoms with Gasteiger partial charge in [0, 0.05) is 18.3 Å². The topological polar surface area (TPSA) is 83.6 Å². The normalized spacial score (nSPS) is 14.5. The Hall–Kier alpha value is -1.76. The number of rotatable bonds is 3. The van der Waals surface area contributed by atoms with Gasteiger partial charge < -0.3 is 5.32 Å². The molecule has 1 fully saturated rings. The molecule has 0 aliphatic heterocycles. The predicted molar refractivity (Wildman–Crippen MR) is 68.2 cm³/mol. The lowest BCUT2D eigenvalue weighted by Gasteiger charge is -2.03. The zero-order chi connectivity index (χ0) is 12.5. The van der Waals surface area contributed by atoms with Gasteiger partial charge in [-0.25, -0.2) is 4.98 Å². The first-order valence-corrected chi connectivity index (χ1v) is 6.36.